The monoisotopic (exact) mass is 439 g/mol. The van der Waals surface area contributed by atoms with Gasteiger partial charge in [0.05, 0.1) is 46.7 Å². The third-order valence-corrected chi connectivity index (χ3v) is 6.38. The second-order valence-electron chi connectivity index (χ2n) is 8.62. The molecule has 0 radical (unpaired) electrons. The van der Waals surface area contributed by atoms with Crippen molar-refractivity contribution in [3.05, 3.63) is 66.8 Å². The summed E-state index contributed by atoms with van der Waals surface area (Å²) in [7, 11) is 2.17. The van der Waals surface area contributed by atoms with E-state index in [1.807, 2.05) is 38.5 Å². The molecule has 1 aliphatic rings. The molecule has 0 unspecified atom stereocenters. The van der Waals surface area contributed by atoms with Crippen molar-refractivity contribution in [1.82, 2.24) is 30.0 Å². The van der Waals surface area contributed by atoms with E-state index in [2.05, 4.69) is 72.9 Å². The van der Waals surface area contributed by atoms with Gasteiger partial charge in [0.25, 0.3) is 0 Å². The Labute approximate surface area is 193 Å². The quantitative estimate of drug-likeness (QED) is 0.437. The number of nitrogens with zero attached hydrogens (tertiary/aromatic N) is 5. The Morgan fingerprint density at radius 1 is 1.06 bits per heavy atom. The van der Waals surface area contributed by atoms with Crippen LogP contribution >= 0.6 is 0 Å². The Kier molecular flexibility index (Phi) is 5.56. The van der Waals surface area contributed by atoms with Crippen LogP contribution in [0, 0.1) is 0 Å². The van der Waals surface area contributed by atoms with Crippen LogP contribution in [0.2, 0.25) is 0 Å². The lowest BCUT2D eigenvalue weighted by Gasteiger charge is -2.34. The standard InChI is InChI=1S/C26H29N7/c1-5-17(3)11-18(6-2)21-13-20-24(15-28-21)30-31-26(20)22-12-19-23(29-22)14-27-16-25(19)33-9-7-32(4)8-10-33/h5-6,11-16,29H,1,7-10H2,2-4H3,(H,30,31)/b17-11-,18-6+. The first-order chi connectivity index (χ1) is 16.1. The fourth-order valence-electron chi connectivity index (χ4n) is 4.35. The highest BCUT2D eigenvalue weighted by atomic mass is 15.3. The van der Waals surface area contributed by atoms with E-state index in [-0.39, 0.29) is 0 Å². The van der Waals surface area contributed by atoms with Gasteiger partial charge in [-0.05, 0) is 38.6 Å². The van der Waals surface area contributed by atoms with Crippen molar-refractivity contribution in [3.8, 4) is 11.4 Å². The van der Waals surface area contributed by atoms with Crippen LogP contribution in [0.3, 0.4) is 0 Å². The summed E-state index contributed by atoms with van der Waals surface area (Å²) in [5.74, 6) is 0. The number of likely N-dealkylation sites (N-methyl/N-ethyl adjacent to an activating group) is 1. The van der Waals surface area contributed by atoms with Gasteiger partial charge in [0.15, 0.2) is 0 Å². The molecule has 0 bridgehead atoms. The maximum absolute atomic E-state index is 4.65. The molecule has 33 heavy (non-hydrogen) atoms. The molecule has 1 saturated heterocycles. The van der Waals surface area contributed by atoms with Gasteiger partial charge in [-0.15, -0.1) is 0 Å². The van der Waals surface area contributed by atoms with Crippen LogP contribution in [0.1, 0.15) is 19.5 Å². The van der Waals surface area contributed by atoms with E-state index in [0.29, 0.717) is 0 Å². The second kappa shape index (κ2) is 8.67. The number of fused-ring (bicyclic) bond motifs is 2. The van der Waals surface area contributed by atoms with E-state index in [0.717, 1.165) is 70.8 Å². The summed E-state index contributed by atoms with van der Waals surface area (Å²) in [5.41, 5.74) is 8.01. The van der Waals surface area contributed by atoms with E-state index >= 15 is 0 Å². The number of rotatable bonds is 5. The summed E-state index contributed by atoms with van der Waals surface area (Å²) in [6, 6.07) is 4.29. The summed E-state index contributed by atoms with van der Waals surface area (Å²) in [4.78, 5) is 17.5. The molecule has 5 rings (SSSR count). The lowest BCUT2D eigenvalue weighted by molar-refractivity contribution is 0.313. The molecule has 0 aromatic carbocycles. The van der Waals surface area contributed by atoms with Gasteiger partial charge < -0.3 is 14.8 Å². The fourth-order valence-corrected chi connectivity index (χ4v) is 4.35. The number of hydrogen-bond acceptors (Lipinski definition) is 5. The topological polar surface area (TPSA) is 76.7 Å². The fraction of sp³-hybridized carbons (Fsp3) is 0.269. The molecule has 7 nitrogen and oxygen atoms in total. The van der Waals surface area contributed by atoms with Crippen LogP contribution < -0.4 is 4.90 Å². The molecule has 168 valence electrons. The van der Waals surface area contributed by atoms with Gasteiger partial charge in [0.1, 0.15) is 5.69 Å². The van der Waals surface area contributed by atoms with E-state index in [1.54, 1.807) is 0 Å². The smallest absolute Gasteiger partial charge is 0.116 e. The lowest BCUT2D eigenvalue weighted by Crippen LogP contribution is -2.44. The molecular formula is C26H29N7. The van der Waals surface area contributed by atoms with Crippen LogP contribution in [0.4, 0.5) is 5.69 Å². The molecule has 0 saturated carbocycles. The third kappa shape index (κ3) is 3.96. The maximum Gasteiger partial charge on any atom is 0.116 e. The lowest BCUT2D eigenvalue weighted by atomic mass is 10.1. The zero-order chi connectivity index (χ0) is 22.9. The van der Waals surface area contributed by atoms with Crippen LogP contribution in [0.5, 0.6) is 0 Å². The van der Waals surface area contributed by atoms with E-state index in [4.69, 9.17) is 0 Å². The third-order valence-electron chi connectivity index (χ3n) is 6.38. The van der Waals surface area contributed by atoms with Gasteiger partial charge in [0, 0.05) is 37.0 Å². The average Bonchev–Trinajstić information content (AvgIpc) is 3.46. The Bertz CT molecular complexity index is 1380. The minimum absolute atomic E-state index is 0.883. The van der Waals surface area contributed by atoms with Crippen LogP contribution in [0.25, 0.3) is 38.8 Å². The minimum Gasteiger partial charge on any atom is -0.367 e. The molecule has 0 aliphatic carbocycles. The molecule has 4 aromatic heterocycles. The molecule has 5 heterocycles. The van der Waals surface area contributed by atoms with Gasteiger partial charge in [0.2, 0.25) is 0 Å². The molecule has 2 N–H and O–H groups in total. The molecule has 0 amide bonds. The maximum atomic E-state index is 4.65. The van der Waals surface area contributed by atoms with E-state index in [9.17, 15) is 0 Å². The van der Waals surface area contributed by atoms with Crippen LogP contribution in [0.15, 0.2) is 61.1 Å². The molecule has 0 atom stereocenters. The van der Waals surface area contributed by atoms with Crippen molar-refractivity contribution in [2.75, 3.05) is 38.1 Å². The summed E-state index contributed by atoms with van der Waals surface area (Å²) in [6.45, 7) is 12.0. The molecule has 4 aromatic rings. The Morgan fingerprint density at radius 3 is 2.64 bits per heavy atom. The molecule has 1 fully saturated rings. The number of piperazine rings is 1. The number of allylic oxidation sites excluding steroid dienone is 5. The number of pyridine rings is 2. The highest BCUT2D eigenvalue weighted by Crippen LogP contribution is 2.33. The van der Waals surface area contributed by atoms with Crippen molar-refractivity contribution >= 4 is 33.1 Å². The molecule has 1 aliphatic heterocycles. The van der Waals surface area contributed by atoms with Crippen molar-refractivity contribution in [2.24, 2.45) is 0 Å². The summed E-state index contributed by atoms with van der Waals surface area (Å²) >= 11 is 0. The van der Waals surface area contributed by atoms with Crippen LogP contribution in [-0.4, -0.2) is 63.3 Å². The molecular weight excluding hydrogens is 410 g/mol. The average molecular weight is 440 g/mol. The largest absolute Gasteiger partial charge is 0.367 e. The summed E-state index contributed by atoms with van der Waals surface area (Å²) in [6.07, 6.45) is 11.7. The van der Waals surface area contributed by atoms with E-state index in [1.165, 1.54) is 11.1 Å². The first kappa shape index (κ1) is 21.2. The second-order valence-corrected chi connectivity index (χ2v) is 8.62. The molecule has 0 spiro atoms. The summed E-state index contributed by atoms with van der Waals surface area (Å²) in [5, 5.41) is 9.97. The number of H-pyrrole nitrogens is 2. The van der Waals surface area contributed by atoms with Gasteiger partial charge >= 0.3 is 0 Å². The number of aromatic amines is 2. The van der Waals surface area contributed by atoms with Crippen molar-refractivity contribution in [2.45, 2.75) is 13.8 Å². The van der Waals surface area contributed by atoms with Gasteiger partial charge in [-0.2, -0.15) is 5.10 Å². The predicted octanol–water partition coefficient (Wildman–Crippen LogP) is 4.79. The first-order valence-electron chi connectivity index (χ1n) is 11.3. The number of anilines is 1. The van der Waals surface area contributed by atoms with Crippen molar-refractivity contribution in [3.63, 3.8) is 0 Å². The number of aromatic nitrogens is 5. The first-order valence-corrected chi connectivity index (χ1v) is 11.3. The van der Waals surface area contributed by atoms with Crippen LogP contribution in [-0.2, 0) is 0 Å². The SMILES string of the molecule is C=C/C(C)=C\C(=C/C)c1cc2c(-c3cc4c(N5CCN(C)CC5)cncc4[nH]3)n[nH]c2cn1. The normalized spacial score (nSPS) is 16.2. The summed E-state index contributed by atoms with van der Waals surface area (Å²) < 4.78 is 0. The zero-order valence-corrected chi connectivity index (χ0v) is 19.4. The van der Waals surface area contributed by atoms with E-state index < -0.39 is 0 Å². The Morgan fingerprint density at radius 2 is 1.88 bits per heavy atom. The minimum atomic E-state index is 0.883. The zero-order valence-electron chi connectivity index (χ0n) is 19.4. The predicted molar refractivity (Wildman–Crippen MR) is 136 cm³/mol. The Balaban J connectivity index is 1.57. The number of hydrogen-bond donors (Lipinski definition) is 2. The number of nitrogens with one attached hydrogen (secondary N) is 2. The van der Waals surface area contributed by atoms with Crippen molar-refractivity contribution in [1.29, 1.82) is 0 Å². The highest BCUT2D eigenvalue weighted by molar-refractivity contribution is 6.00. The van der Waals surface area contributed by atoms with Gasteiger partial charge in [-0.3, -0.25) is 15.1 Å². The molecule has 7 heteroatoms. The van der Waals surface area contributed by atoms with Gasteiger partial charge in [-0.25, -0.2) is 0 Å². The van der Waals surface area contributed by atoms with Crippen molar-refractivity contribution < 1.29 is 0 Å². The van der Waals surface area contributed by atoms with Gasteiger partial charge in [-0.1, -0.05) is 30.4 Å². The Hall–Kier alpha value is -3.71. The highest BCUT2D eigenvalue weighted by Gasteiger charge is 2.19.